The molecule has 2 amide bonds. The Morgan fingerprint density at radius 2 is 1.77 bits per heavy atom. The fourth-order valence-corrected chi connectivity index (χ4v) is 6.83. The Morgan fingerprint density at radius 1 is 1.07 bits per heavy atom. The van der Waals surface area contributed by atoms with E-state index in [1.54, 1.807) is 31.2 Å². The number of fused-ring (bicyclic) bond motifs is 1. The fraction of sp³-hybridized carbons (Fsp3) is 0.154. The summed E-state index contributed by atoms with van der Waals surface area (Å²) in [6, 6.07) is 12.0. The summed E-state index contributed by atoms with van der Waals surface area (Å²) in [6.07, 6.45) is 1.54. The van der Waals surface area contributed by atoms with E-state index < -0.39 is 21.3 Å². The summed E-state index contributed by atoms with van der Waals surface area (Å²) in [7, 11) is -4.19. The third-order valence-electron chi connectivity index (χ3n) is 5.67. The topological polar surface area (TPSA) is 108 Å². The van der Waals surface area contributed by atoms with Crippen LogP contribution >= 0.6 is 57.6 Å². The molecule has 5 rings (SSSR count). The van der Waals surface area contributed by atoms with E-state index in [-0.39, 0.29) is 41.2 Å². The highest BCUT2D eigenvalue weighted by Crippen LogP contribution is 2.41. The summed E-state index contributed by atoms with van der Waals surface area (Å²) >= 11 is 14.9. The summed E-state index contributed by atoms with van der Waals surface area (Å²) in [5.41, 5.74) is 1.04. The van der Waals surface area contributed by atoms with Crippen molar-refractivity contribution in [3.8, 4) is 23.0 Å². The van der Waals surface area contributed by atoms with Crippen molar-refractivity contribution < 1.29 is 36.4 Å². The molecule has 1 saturated heterocycles. The van der Waals surface area contributed by atoms with Crippen molar-refractivity contribution in [2.24, 2.45) is 0 Å². The van der Waals surface area contributed by atoms with E-state index in [1.165, 1.54) is 30.3 Å². The maximum Gasteiger partial charge on any atom is 0.339 e. The number of amides is 2. The average Bonchev–Trinajstić information content (AvgIpc) is 3.45. The third-order valence-corrected chi connectivity index (χ3v) is 9.22. The Kier molecular flexibility index (Phi) is 8.43. The van der Waals surface area contributed by atoms with Crippen LogP contribution in [0.2, 0.25) is 10.0 Å². The van der Waals surface area contributed by atoms with Crippen LogP contribution < -0.4 is 18.4 Å². The SMILES string of the molecule is CCOc1cc(/C=C2\SC(=O)N(Cc3cc4c(cc3Cl)OCO4)C2=O)cc(I)c1OS(=O)(=O)c1ccc(Cl)cc1. The number of hydrogen-bond donors (Lipinski definition) is 0. The van der Waals surface area contributed by atoms with Crippen molar-refractivity contribution in [3.63, 3.8) is 0 Å². The zero-order valence-electron chi connectivity index (χ0n) is 20.5. The number of rotatable bonds is 8. The largest absolute Gasteiger partial charge is 0.490 e. The standard InChI is InChI=1S/C26H18Cl2INO8S2/c1-2-35-22-8-14(7-19(29)24(22)38-40(33,34)17-5-3-16(27)4-6-17)9-23-25(31)30(26(32)39-23)12-15-10-20-21(11-18(15)28)37-13-36-20/h3-11H,2,12-13H2,1H3/b23-9-. The van der Waals surface area contributed by atoms with Gasteiger partial charge in [0.15, 0.2) is 23.0 Å². The van der Waals surface area contributed by atoms with Crippen LogP contribution in [-0.4, -0.2) is 37.9 Å². The van der Waals surface area contributed by atoms with E-state index in [9.17, 15) is 18.0 Å². The van der Waals surface area contributed by atoms with E-state index in [0.717, 1.165) is 16.7 Å². The van der Waals surface area contributed by atoms with Crippen molar-refractivity contribution in [1.29, 1.82) is 0 Å². The molecule has 3 aromatic carbocycles. The summed E-state index contributed by atoms with van der Waals surface area (Å²) in [5.74, 6) is 0.642. The van der Waals surface area contributed by atoms with Crippen molar-refractivity contribution in [3.05, 3.63) is 78.2 Å². The first-order chi connectivity index (χ1) is 19.1. The van der Waals surface area contributed by atoms with E-state index in [1.807, 2.05) is 22.6 Å². The monoisotopic (exact) mass is 733 g/mol. The van der Waals surface area contributed by atoms with Crippen LogP contribution in [0.5, 0.6) is 23.0 Å². The molecule has 0 bridgehead atoms. The van der Waals surface area contributed by atoms with Crippen LogP contribution in [0.25, 0.3) is 6.08 Å². The number of carbonyl (C=O) groups is 2. The minimum Gasteiger partial charge on any atom is -0.490 e. The Labute approximate surface area is 257 Å². The van der Waals surface area contributed by atoms with Gasteiger partial charge in [0.05, 0.1) is 21.6 Å². The molecule has 40 heavy (non-hydrogen) atoms. The van der Waals surface area contributed by atoms with Gasteiger partial charge in [-0.3, -0.25) is 14.5 Å². The van der Waals surface area contributed by atoms with Gasteiger partial charge < -0.3 is 18.4 Å². The Hall–Kier alpha value is -2.65. The molecule has 14 heteroatoms. The molecule has 9 nitrogen and oxygen atoms in total. The second-order valence-electron chi connectivity index (χ2n) is 8.32. The second-order valence-corrected chi connectivity index (χ2v) is 12.9. The predicted octanol–water partition coefficient (Wildman–Crippen LogP) is 6.73. The summed E-state index contributed by atoms with van der Waals surface area (Å²) in [6.45, 7) is 1.99. The lowest BCUT2D eigenvalue weighted by atomic mass is 10.1. The van der Waals surface area contributed by atoms with Crippen LogP contribution in [0.3, 0.4) is 0 Å². The number of thioether (sulfide) groups is 1. The number of hydrogen-bond acceptors (Lipinski definition) is 9. The van der Waals surface area contributed by atoms with Crippen LogP contribution in [0, 0.1) is 3.57 Å². The first-order valence-electron chi connectivity index (χ1n) is 11.6. The van der Waals surface area contributed by atoms with Gasteiger partial charge in [-0.1, -0.05) is 23.2 Å². The molecule has 0 radical (unpaired) electrons. The van der Waals surface area contributed by atoms with E-state index in [4.69, 9.17) is 41.6 Å². The van der Waals surface area contributed by atoms with Gasteiger partial charge >= 0.3 is 10.1 Å². The maximum absolute atomic E-state index is 13.2. The average molecular weight is 734 g/mol. The number of ether oxygens (including phenoxy) is 3. The molecule has 3 aromatic rings. The molecular weight excluding hydrogens is 716 g/mol. The van der Waals surface area contributed by atoms with Gasteiger partial charge in [-0.05, 0) is 101 Å². The number of imide groups is 1. The molecule has 0 atom stereocenters. The molecular formula is C26H18Cl2INO8S2. The van der Waals surface area contributed by atoms with Crippen molar-refractivity contribution >= 4 is 84.9 Å². The first-order valence-corrected chi connectivity index (χ1v) is 15.6. The fourth-order valence-electron chi connectivity index (χ4n) is 3.81. The normalized spacial score (nSPS) is 15.7. The smallest absolute Gasteiger partial charge is 0.339 e. The lowest BCUT2D eigenvalue weighted by molar-refractivity contribution is -0.123. The molecule has 0 spiro atoms. The molecule has 0 aromatic heterocycles. The van der Waals surface area contributed by atoms with Gasteiger partial charge in [-0.25, -0.2) is 0 Å². The molecule has 0 unspecified atom stereocenters. The van der Waals surface area contributed by atoms with Crippen molar-refractivity contribution in [2.75, 3.05) is 13.4 Å². The Bertz CT molecular complexity index is 1660. The minimum atomic E-state index is -4.19. The highest BCUT2D eigenvalue weighted by atomic mass is 127. The van der Waals surface area contributed by atoms with Crippen LogP contribution in [-0.2, 0) is 21.5 Å². The number of nitrogens with zero attached hydrogens (tertiary/aromatic N) is 1. The summed E-state index contributed by atoms with van der Waals surface area (Å²) in [4.78, 5) is 27.1. The molecule has 0 N–H and O–H groups in total. The van der Waals surface area contributed by atoms with Gasteiger partial charge in [0.25, 0.3) is 11.1 Å². The lowest BCUT2D eigenvalue weighted by Crippen LogP contribution is -2.27. The van der Waals surface area contributed by atoms with Gasteiger partial charge in [0.2, 0.25) is 6.79 Å². The number of benzene rings is 3. The molecule has 1 fully saturated rings. The molecule has 2 aliphatic heterocycles. The predicted molar refractivity (Wildman–Crippen MR) is 159 cm³/mol. The van der Waals surface area contributed by atoms with E-state index in [2.05, 4.69) is 0 Å². The van der Waals surface area contributed by atoms with Gasteiger partial charge in [0, 0.05) is 16.1 Å². The zero-order valence-corrected chi connectivity index (χ0v) is 25.8. The van der Waals surface area contributed by atoms with Gasteiger partial charge in [0.1, 0.15) is 4.90 Å². The Morgan fingerprint density at radius 3 is 2.48 bits per heavy atom. The molecule has 208 valence electrons. The van der Waals surface area contributed by atoms with Crippen molar-refractivity contribution in [1.82, 2.24) is 4.90 Å². The summed E-state index contributed by atoms with van der Waals surface area (Å²) < 4.78 is 48.0. The highest BCUT2D eigenvalue weighted by molar-refractivity contribution is 14.1. The second kappa shape index (κ2) is 11.7. The number of carbonyl (C=O) groups excluding carboxylic acids is 2. The van der Waals surface area contributed by atoms with E-state index in [0.29, 0.717) is 36.2 Å². The van der Waals surface area contributed by atoms with Gasteiger partial charge in [-0.2, -0.15) is 8.42 Å². The zero-order chi connectivity index (χ0) is 28.6. The quantitative estimate of drug-likeness (QED) is 0.142. The Balaban J connectivity index is 1.40. The molecule has 0 saturated carbocycles. The van der Waals surface area contributed by atoms with Crippen LogP contribution in [0.4, 0.5) is 4.79 Å². The lowest BCUT2D eigenvalue weighted by Gasteiger charge is -2.15. The molecule has 2 heterocycles. The van der Waals surface area contributed by atoms with Crippen LogP contribution in [0.1, 0.15) is 18.1 Å². The third kappa shape index (κ3) is 6.00. The summed E-state index contributed by atoms with van der Waals surface area (Å²) in [5, 5.41) is 0.266. The first kappa shape index (κ1) is 28.9. The number of halogens is 3. The molecule has 2 aliphatic rings. The molecule has 0 aliphatic carbocycles. The van der Waals surface area contributed by atoms with Crippen LogP contribution in [0.15, 0.2) is 58.3 Å². The van der Waals surface area contributed by atoms with Crippen molar-refractivity contribution in [2.45, 2.75) is 18.4 Å². The van der Waals surface area contributed by atoms with Gasteiger partial charge in [-0.15, -0.1) is 0 Å². The van der Waals surface area contributed by atoms with E-state index >= 15 is 0 Å². The highest BCUT2D eigenvalue weighted by Gasteiger charge is 2.36. The minimum absolute atomic E-state index is 0.0000967. The maximum atomic E-state index is 13.2.